The molecule has 110 valence electrons. The number of hydrogen-bond donors (Lipinski definition) is 1. The van der Waals surface area contributed by atoms with Gasteiger partial charge in [-0.25, -0.2) is 8.42 Å². The standard InChI is InChI=1S/C13H18N2O4S/c1-4-15(5-2)20(17,18)10-6-7-12-11(8-10)14-13(16)9(3)19-12/h6-9H,4-5H2,1-3H3,(H,14,16). The first-order valence-electron chi connectivity index (χ1n) is 6.51. The fourth-order valence-corrected chi connectivity index (χ4v) is 3.55. The zero-order chi connectivity index (χ0) is 14.9. The Morgan fingerprint density at radius 3 is 2.55 bits per heavy atom. The van der Waals surface area contributed by atoms with Gasteiger partial charge in [0.15, 0.2) is 6.10 Å². The van der Waals surface area contributed by atoms with E-state index in [2.05, 4.69) is 5.32 Å². The summed E-state index contributed by atoms with van der Waals surface area (Å²) < 4.78 is 31.6. The molecular weight excluding hydrogens is 280 g/mol. The minimum absolute atomic E-state index is 0.151. The third-order valence-electron chi connectivity index (χ3n) is 3.23. The Kier molecular flexibility index (Phi) is 4.01. The average molecular weight is 298 g/mol. The maximum atomic E-state index is 12.4. The normalized spacial score (nSPS) is 18.4. The van der Waals surface area contributed by atoms with Crippen molar-refractivity contribution < 1.29 is 17.9 Å². The largest absolute Gasteiger partial charge is 0.479 e. The second kappa shape index (κ2) is 5.41. The van der Waals surface area contributed by atoms with Crippen molar-refractivity contribution in [2.45, 2.75) is 31.8 Å². The van der Waals surface area contributed by atoms with Crippen LogP contribution in [0.4, 0.5) is 5.69 Å². The zero-order valence-corrected chi connectivity index (χ0v) is 12.5. The number of ether oxygens (including phenoxy) is 1. The molecule has 1 aromatic rings. The van der Waals surface area contributed by atoms with Crippen LogP contribution >= 0.6 is 0 Å². The molecule has 0 saturated heterocycles. The average Bonchev–Trinajstić information content (AvgIpc) is 2.40. The van der Waals surface area contributed by atoms with Crippen molar-refractivity contribution in [2.75, 3.05) is 18.4 Å². The number of sulfonamides is 1. The number of carbonyl (C=O) groups is 1. The highest BCUT2D eigenvalue weighted by molar-refractivity contribution is 7.89. The molecule has 0 saturated carbocycles. The summed E-state index contributed by atoms with van der Waals surface area (Å²) in [7, 11) is -3.54. The molecule has 2 rings (SSSR count). The van der Waals surface area contributed by atoms with Gasteiger partial charge in [0.05, 0.1) is 10.6 Å². The zero-order valence-electron chi connectivity index (χ0n) is 11.7. The van der Waals surface area contributed by atoms with Crippen LogP contribution in [0.25, 0.3) is 0 Å². The van der Waals surface area contributed by atoms with Gasteiger partial charge in [0.2, 0.25) is 10.0 Å². The molecule has 0 bridgehead atoms. The van der Waals surface area contributed by atoms with Crippen LogP contribution in [0.15, 0.2) is 23.1 Å². The molecule has 1 atom stereocenters. The number of amides is 1. The SMILES string of the molecule is CCN(CC)S(=O)(=O)c1ccc2c(c1)NC(=O)C(C)O2. The highest BCUT2D eigenvalue weighted by atomic mass is 32.2. The Hall–Kier alpha value is -1.60. The summed E-state index contributed by atoms with van der Waals surface area (Å²) >= 11 is 0. The second-order valence-electron chi connectivity index (χ2n) is 4.50. The van der Waals surface area contributed by atoms with E-state index in [1.165, 1.54) is 16.4 Å². The summed E-state index contributed by atoms with van der Waals surface area (Å²) in [6.45, 7) is 6.00. The molecule has 0 fully saturated rings. The fraction of sp³-hybridized carbons (Fsp3) is 0.462. The highest BCUT2D eigenvalue weighted by Crippen LogP contribution is 2.32. The molecule has 1 amide bonds. The lowest BCUT2D eigenvalue weighted by molar-refractivity contribution is -0.122. The Morgan fingerprint density at radius 1 is 1.30 bits per heavy atom. The van der Waals surface area contributed by atoms with Crippen molar-refractivity contribution in [1.29, 1.82) is 0 Å². The predicted octanol–water partition coefficient (Wildman–Crippen LogP) is 1.44. The van der Waals surface area contributed by atoms with E-state index >= 15 is 0 Å². The Balaban J connectivity index is 2.42. The molecule has 0 aromatic heterocycles. The summed E-state index contributed by atoms with van der Waals surface area (Å²) in [4.78, 5) is 11.7. The smallest absolute Gasteiger partial charge is 0.265 e. The first-order chi connectivity index (χ1) is 9.40. The van der Waals surface area contributed by atoms with Crippen LogP contribution in [0, 0.1) is 0 Å². The van der Waals surface area contributed by atoms with Gasteiger partial charge in [0, 0.05) is 13.1 Å². The molecule has 1 aromatic carbocycles. The van der Waals surface area contributed by atoms with E-state index in [-0.39, 0.29) is 10.8 Å². The topological polar surface area (TPSA) is 75.7 Å². The number of nitrogens with one attached hydrogen (secondary N) is 1. The van der Waals surface area contributed by atoms with Crippen LogP contribution in [-0.2, 0) is 14.8 Å². The predicted molar refractivity (Wildman–Crippen MR) is 75.3 cm³/mol. The number of nitrogens with zero attached hydrogens (tertiary/aromatic N) is 1. The maximum Gasteiger partial charge on any atom is 0.265 e. The monoisotopic (exact) mass is 298 g/mol. The van der Waals surface area contributed by atoms with Gasteiger partial charge in [0.1, 0.15) is 5.75 Å². The molecule has 1 heterocycles. The molecule has 1 unspecified atom stereocenters. The van der Waals surface area contributed by atoms with E-state index in [1.807, 2.05) is 0 Å². The number of fused-ring (bicyclic) bond motifs is 1. The second-order valence-corrected chi connectivity index (χ2v) is 6.43. The van der Waals surface area contributed by atoms with Gasteiger partial charge in [-0.3, -0.25) is 4.79 Å². The minimum atomic E-state index is -3.54. The molecule has 1 aliphatic heterocycles. The first kappa shape index (κ1) is 14.8. The van der Waals surface area contributed by atoms with E-state index in [0.717, 1.165) is 0 Å². The van der Waals surface area contributed by atoms with Gasteiger partial charge in [-0.05, 0) is 25.1 Å². The quantitative estimate of drug-likeness (QED) is 0.912. The van der Waals surface area contributed by atoms with Crippen LogP contribution in [-0.4, -0.2) is 37.8 Å². The maximum absolute atomic E-state index is 12.4. The molecule has 0 radical (unpaired) electrons. The summed E-state index contributed by atoms with van der Waals surface area (Å²) in [5.41, 5.74) is 0.390. The van der Waals surface area contributed by atoms with Gasteiger partial charge in [0.25, 0.3) is 5.91 Å². The Morgan fingerprint density at radius 2 is 1.95 bits per heavy atom. The molecule has 0 spiro atoms. The van der Waals surface area contributed by atoms with Gasteiger partial charge in [-0.15, -0.1) is 0 Å². The summed E-state index contributed by atoms with van der Waals surface area (Å²) in [5.74, 6) is 0.200. The molecule has 7 heteroatoms. The third kappa shape index (κ3) is 2.51. The number of benzene rings is 1. The Bertz CT molecular complexity index is 623. The fourth-order valence-electron chi connectivity index (χ4n) is 2.06. The van der Waals surface area contributed by atoms with Crippen molar-refractivity contribution in [1.82, 2.24) is 4.31 Å². The van der Waals surface area contributed by atoms with Crippen molar-refractivity contribution >= 4 is 21.6 Å². The van der Waals surface area contributed by atoms with Crippen molar-refractivity contribution in [2.24, 2.45) is 0 Å². The lowest BCUT2D eigenvalue weighted by atomic mass is 10.2. The Labute approximate surface area is 118 Å². The minimum Gasteiger partial charge on any atom is -0.479 e. The van der Waals surface area contributed by atoms with E-state index in [1.54, 1.807) is 26.8 Å². The third-order valence-corrected chi connectivity index (χ3v) is 5.27. The van der Waals surface area contributed by atoms with Crippen molar-refractivity contribution in [3.8, 4) is 5.75 Å². The van der Waals surface area contributed by atoms with E-state index in [0.29, 0.717) is 24.5 Å². The van der Waals surface area contributed by atoms with Crippen LogP contribution < -0.4 is 10.1 Å². The lowest BCUT2D eigenvalue weighted by Gasteiger charge is -2.24. The van der Waals surface area contributed by atoms with E-state index in [4.69, 9.17) is 4.74 Å². The van der Waals surface area contributed by atoms with Gasteiger partial charge >= 0.3 is 0 Å². The molecule has 1 aliphatic rings. The number of hydrogen-bond acceptors (Lipinski definition) is 4. The molecular formula is C13H18N2O4S. The van der Waals surface area contributed by atoms with Crippen LogP contribution in [0.3, 0.4) is 0 Å². The van der Waals surface area contributed by atoms with Crippen LogP contribution in [0.1, 0.15) is 20.8 Å². The summed E-state index contributed by atoms with van der Waals surface area (Å²) in [6.07, 6.45) is -0.576. The highest BCUT2D eigenvalue weighted by Gasteiger charge is 2.27. The summed E-state index contributed by atoms with van der Waals surface area (Å²) in [5, 5.41) is 2.65. The number of carbonyl (C=O) groups excluding carboxylic acids is 1. The molecule has 20 heavy (non-hydrogen) atoms. The first-order valence-corrected chi connectivity index (χ1v) is 7.95. The van der Waals surface area contributed by atoms with Gasteiger partial charge < -0.3 is 10.1 Å². The van der Waals surface area contributed by atoms with Crippen LogP contribution in [0.2, 0.25) is 0 Å². The van der Waals surface area contributed by atoms with Crippen molar-refractivity contribution in [3.63, 3.8) is 0 Å². The number of rotatable bonds is 4. The van der Waals surface area contributed by atoms with Crippen LogP contribution in [0.5, 0.6) is 5.75 Å². The molecule has 1 N–H and O–H groups in total. The lowest BCUT2D eigenvalue weighted by Crippen LogP contribution is -2.35. The van der Waals surface area contributed by atoms with E-state index in [9.17, 15) is 13.2 Å². The number of anilines is 1. The molecule has 0 aliphatic carbocycles. The summed E-state index contributed by atoms with van der Waals surface area (Å²) in [6, 6.07) is 4.51. The van der Waals surface area contributed by atoms with Crippen molar-refractivity contribution in [3.05, 3.63) is 18.2 Å². The van der Waals surface area contributed by atoms with Gasteiger partial charge in [-0.1, -0.05) is 13.8 Å². The van der Waals surface area contributed by atoms with Gasteiger partial charge in [-0.2, -0.15) is 4.31 Å². The van der Waals surface area contributed by atoms with E-state index < -0.39 is 16.1 Å². The molecule has 6 nitrogen and oxygen atoms in total.